The molecule has 4 heteroatoms. The van der Waals surface area contributed by atoms with Crippen molar-refractivity contribution in [2.75, 3.05) is 21.2 Å². The van der Waals surface area contributed by atoms with Gasteiger partial charge in [-0.15, -0.1) is 0 Å². The fraction of sp³-hybridized carbons (Fsp3) is 1.00. The van der Waals surface area contributed by atoms with Gasteiger partial charge in [0.1, 0.15) is 8.24 Å². The molecule has 24 heavy (non-hydrogen) atoms. The first kappa shape index (κ1) is 17.5. The summed E-state index contributed by atoms with van der Waals surface area (Å²) in [6.07, 6.45) is 10.4. The summed E-state index contributed by atoms with van der Waals surface area (Å²) in [5, 5.41) is 0. The minimum Gasteiger partial charge on any atom is -0.381 e. The Hall–Kier alpha value is 0.0969. The smallest absolute Gasteiger partial charge is 0.124 e. The van der Waals surface area contributed by atoms with E-state index in [0.717, 1.165) is 41.3 Å². The molecule has 3 aliphatic carbocycles. The lowest BCUT2D eigenvalue weighted by atomic mass is 9.69. The molecule has 0 amide bonds. The third-order valence-corrected chi connectivity index (χ3v) is 12.4. The Morgan fingerprint density at radius 3 is 2.38 bits per heavy atom. The van der Waals surface area contributed by atoms with Crippen LogP contribution in [0.15, 0.2) is 0 Å². The molecule has 0 radical (unpaired) electrons. The summed E-state index contributed by atoms with van der Waals surface area (Å²) >= 11 is 0. The van der Waals surface area contributed by atoms with Crippen molar-refractivity contribution in [1.29, 1.82) is 0 Å². The molecule has 4 aliphatic rings. The average molecular weight is 351 g/mol. The van der Waals surface area contributed by atoms with Gasteiger partial charge in [-0.05, 0) is 69.0 Å². The molecule has 1 N–H and O–H groups in total. The number of fused-ring (bicyclic) bond motifs is 5. The normalized spacial score (nSPS) is 48.9. The first-order valence-electron chi connectivity index (χ1n) is 10.4. The molecule has 138 valence electrons. The van der Waals surface area contributed by atoms with E-state index in [0.29, 0.717) is 6.10 Å². The molecular weight excluding hydrogens is 312 g/mol. The quantitative estimate of drug-likeness (QED) is 0.785. The van der Waals surface area contributed by atoms with Crippen molar-refractivity contribution in [1.82, 2.24) is 9.88 Å². The van der Waals surface area contributed by atoms with Crippen LogP contribution in [0.5, 0.6) is 0 Å². The lowest BCUT2D eigenvalue weighted by molar-refractivity contribution is 0.0181. The first-order valence-corrected chi connectivity index (χ1v) is 13.5. The van der Waals surface area contributed by atoms with Gasteiger partial charge in [0, 0.05) is 19.2 Å². The lowest BCUT2D eigenvalue weighted by Crippen LogP contribution is -2.54. The van der Waals surface area contributed by atoms with E-state index in [9.17, 15) is 0 Å². The second-order valence-corrected chi connectivity index (χ2v) is 14.4. The molecule has 0 aromatic rings. The van der Waals surface area contributed by atoms with Crippen LogP contribution < -0.4 is 4.98 Å². The molecule has 0 bridgehead atoms. The van der Waals surface area contributed by atoms with Gasteiger partial charge in [-0.1, -0.05) is 32.4 Å². The van der Waals surface area contributed by atoms with Gasteiger partial charge in [-0.2, -0.15) is 0 Å². The molecule has 3 nitrogen and oxygen atoms in total. The van der Waals surface area contributed by atoms with E-state index in [1.165, 1.54) is 44.9 Å². The highest BCUT2D eigenvalue weighted by Crippen LogP contribution is 2.64. The van der Waals surface area contributed by atoms with E-state index < -0.39 is 8.24 Å². The minimum atomic E-state index is -1.39. The van der Waals surface area contributed by atoms with Crippen LogP contribution in [-0.4, -0.2) is 52.5 Å². The molecule has 4 fully saturated rings. The molecule has 4 rings (SSSR count). The summed E-state index contributed by atoms with van der Waals surface area (Å²) in [5.41, 5.74) is 0.939. The van der Waals surface area contributed by atoms with Crippen LogP contribution in [0.3, 0.4) is 0 Å². The van der Waals surface area contributed by atoms with Crippen molar-refractivity contribution in [3.05, 3.63) is 0 Å². The maximum absolute atomic E-state index is 5.81. The molecule has 0 aromatic carbocycles. The molecule has 1 aliphatic heterocycles. The number of rotatable bonds is 3. The van der Waals surface area contributed by atoms with Gasteiger partial charge in [0.25, 0.3) is 0 Å². The predicted molar refractivity (Wildman–Crippen MR) is 103 cm³/mol. The Bertz CT molecular complexity index is 471. The second kappa shape index (κ2) is 6.36. The van der Waals surface area contributed by atoms with Gasteiger partial charge >= 0.3 is 0 Å². The van der Waals surface area contributed by atoms with Gasteiger partial charge in [0.15, 0.2) is 0 Å². The molecule has 0 spiro atoms. The van der Waals surface area contributed by atoms with Crippen LogP contribution in [0.2, 0.25) is 18.6 Å². The third-order valence-electron chi connectivity index (χ3n) is 8.71. The summed E-state index contributed by atoms with van der Waals surface area (Å²) in [4.78, 5) is 6.71. The first-order chi connectivity index (χ1) is 11.5. The summed E-state index contributed by atoms with van der Waals surface area (Å²) in [5.74, 6) is 3.85. The van der Waals surface area contributed by atoms with Crippen LogP contribution in [0.1, 0.15) is 44.9 Å². The van der Waals surface area contributed by atoms with Crippen LogP contribution in [-0.2, 0) is 4.74 Å². The zero-order valence-corrected chi connectivity index (χ0v) is 17.4. The van der Waals surface area contributed by atoms with Crippen LogP contribution >= 0.6 is 0 Å². The number of nitrogens with one attached hydrogen (secondary N) is 1. The summed E-state index contributed by atoms with van der Waals surface area (Å²) in [7, 11) is 5.25. The van der Waals surface area contributed by atoms with Crippen LogP contribution in [0.4, 0.5) is 0 Å². The molecule has 8 unspecified atom stereocenters. The Morgan fingerprint density at radius 2 is 1.71 bits per heavy atom. The SMILES string of the molecule is CN[Si](C)(C)C1C2CCCCC2C2C3CC(OC)CCC3N(C)C21. The molecule has 3 saturated carbocycles. The number of hydrogen-bond donors (Lipinski definition) is 1. The van der Waals surface area contributed by atoms with Crippen molar-refractivity contribution in [2.24, 2.45) is 23.7 Å². The van der Waals surface area contributed by atoms with Gasteiger partial charge in [-0.25, -0.2) is 0 Å². The van der Waals surface area contributed by atoms with Gasteiger partial charge < -0.3 is 9.72 Å². The van der Waals surface area contributed by atoms with Crippen molar-refractivity contribution in [2.45, 2.75) is 81.8 Å². The number of methoxy groups -OCH3 is 1. The van der Waals surface area contributed by atoms with Gasteiger partial charge in [0.2, 0.25) is 0 Å². The predicted octanol–water partition coefficient (Wildman–Crippen LogP) is 3.72. The van der Waals surface area contributed by atoms with Crippen LogP contribution in [0, 0.1) is 23.7 Å². The van der Waals surface area contributed by atoms with Gasteiger partial charge in [-0.3, -0.25) is 4.90 Å². The zero-order chi connectivity index (χ0) is 17.1. The monoisotopic (exact) mass is 350 g/mol. The number of nitrogens with zero attached hydrogens (tertiary/aromatic N) is 1. The van der Waals surface area contributed by atoms with Gasteiger partial charge in [0.05, 0.1) is 6.10 Å². The molecule has 1 saturated heterocycles. The highest BCUT2D eigenvalue weighted by atomic mass is 28.3. The average Bonchev–Trinajstić information content (AvgIpc) is 3.09. The summed E-state index contributed by atoms with van der Waals surface area (Å²) in [6, 6.07) is 1.68. The fourth-order valence-corrected chi connectivity index (χ4v) is 10.7. The van der Waals surface area contributed by atoms with Crippen molar-refractivity contribution >= 4 is 8.24 Å². The second-order valence-electron chi connectivity index (χ2n) is 9.75. The number of ether oxygens (including phenoxy) is 1. The van der Waals surface area contributed by atoms with E-state index >= 15 is 0 Å². The maximum atomic E-state index is 5.81. The third kappa shape index (κ3) is 2.47. The maximum Gasteiger partial charge on any atom is 0.124 e. The van der Waals surface area contributed by atoms with E-state index in [1.54, 1.807) is 0 Å². The molecule has 8 atom stereocenters. The van der Waals surface area contributed by atoms with Crippen molar-refractivity contribution in [3.63, 3.8) is 0 Å². The topological polar surface area (TPSA) is 24.5 Å². The van der Waals surface area contributed by atoms with E-state index in [4.69, 9.17) is 4.74 Å². The zero-order valence-electron chi connectivity index (χ0n) is 16.4. The molecule has 1 heterocycles. The Kier molecular flexibility index (Phi) is 4.64. The van der Waals surface area contributed by atoms with Crippen LogP contribution in [0.25, 0.3) is 0 Å². The highest BCUT2D eigenvalue weighted by Gasteiger charge is 2.64. The summed E-state index contributed by atoms with van der Waals surface area (Å²) in [6.45, 7) is 5.19. The number of hydrogen-bond acceptors (Lipinski definition) is 3. The van der Waals surface area contributed by atoms with E-state index in [-0.39, 0.29) is 0 Å². The molecular formula is C20H38N2OSi. The lowest BCUT2D eigenvalue weighted by Gasteiger charge is -2.44. The van der Waals surface area contributed by atoms with E-state index in [1.807, 2.05) is 7.11 Å². The largest absolute Gasteiger partial charge is 0.381 e. The fourth-order valence-electron chi connectivity index (χ4n) is 7.59. The highest BCUT2D eigenvalue weighted by molar-refractivity contribution is 6.76. The Morgan fingerprint density at radius 1 is 1.00 bits per heavy atom. The van der Waals surface area contributed by atoms with Crippen molar-refractivity contribution in [3.8, 4) is 0 Å². The molecule has 0 aromatic heterocycles. The van der Waals surface area contributed by atoms with Crippen molar-refractivity contribution < 1.29 is 4.74 Å². The Labute approximate surface area is 150 Å². The van der Waals surface area contributed by atoms with E-state index in [2.05, 4.69) is 37.1 Å². The minimum absolute atomic E-state index is 0.522. The standard InChI is InChI=1S/C20H38N2OSi/c1-21-24(4,5)20-15-9-7-6-8-14(15)18-16-12-13(23-3)10-11-17(16)22(2)19(18)20/h13-21H,6-12H2,1-5H3. The Balaban J connectivity index is 1.70. The summed E-state index contributed by atoms with van der Waals surface area (Å²) < 4.78 is 5.81. The number of likely N-dealkylation sites (tertiary alicyclic amines) is 1.